The normalized spacial score (nSPS) is 13.3. The Hall–Kier alpha value is -1.43. The highest BCUT2D eigenvalue weighted by Gasteiger charge is 2.33. The fraction of sp³-hybridized carbons (Fsp3) is 0.500. The highest BCUT2D eigenvalue weighted by molar-refractivity contribution is 5.50. The molecular formula is C12H16F3NO2. The molecule has 0 aliphatic rings. The molecule has 1 rings (SSSR count). The molecule has 3 nitrogen and oxygen atoms in total. The van der Waals surface area contributed by atoms with Crippen LogP contribution in [0.4, 0.5) is 13.2 Å². The largest absolute Gasteiger partial charge is 0.496 e. The van der Waals surface area contributed by atoms with Gasteiger partial charge in [-0.25, -0.2) is 0 Å². The van der Waals surface area contributed by atoms with Gasteiger partial charge >= 0.3 is 6.18 Å². The van der Waals surface area contributed by atoms with Crippen LogP contribution >= 0.6 is 0 Å². The lowest BCUT2D eigenvalue weighted by molar-refractivity contribution is -0.137. The van der Waals surface area contributed by atoms with E-state index in [1.807, 2.05) is 0 Å². The number of halogens is 3. The molecule has 1 aromatic carbocycles. The van der Waals surface area contributed by atoms with Crippen LogP contribution < -0.4 is 15.2 Å². The number of rotatable bonds is 4. The van der Waals surface area contributed by atoms with Gasteiger partial charge in [-0.2, -0.15) is 13.2 Å². The number of hydrogen-bond donors (Lipinski definition) is 1. The van der Waals surface area contributed by atoms with Crippen molar-refractivity contribution < 1.29 is 22.6 Å². The van der Waals surface area contributed by atoms with E-state index in [0.717, 1.165) is 12.1 Å². The third-order valence-corrected chi connectivity index (χ3v) is 2.72. The number of ether oxygens (including phenoxy) is 2. The topological polar surface area (TPSA) is 44.5 Å². The highest BCUT2D eigenvalue weighted by atomic mass is 19.4. The quantitative estimate of drug-likeness (QED) is 0.908. The van der Waals surface area contributed by atoms with E-state index < -0.39 is 11.7 Å². The summed E-state index contributed by atoms with van der Waals surface area (Å²) < 4.78 is 48.1. The Morgan fingerprint density at radius 2 is 1.61 bits per heavy atom. The summed E-state index contributed by atoms with van der Waals surface area (Å²) in [5.74, 6) is 0.122. The molecule has 1 unspecified atom stereocenters. The number of nitrogens with two attached hydrogens (primary N) is 1. The molecule has 0 amide bonds. The van der Waals surface area contributed by atoms with Crippen molar-refractivity contribution in [3.05, 3.63) is 23.3 Å². The summed E-state index contributed by atoms with van der Waals surface area (Å²) in [5, 5.41) is 0. The van der Waals surface area contributed by atoms with Gasteiger partial charge in [0.1, 0.15) is 11.5 Å². The van der Waals surface area contributed by atoms with E-state index >= 15 is 0 Å². The van der Waals surface area contributed by atoms with Crippen molar-refractivity contribution in [3.63, 3.8) is 0 Å². The Kier molecular flexibility index (Phi) is 4.45. The molecule has 0 radical (unpaired) electrons. The lowest BCUT2D eigenvalue weighted by Crippen LogP contribution is -2.13. The van der Waals surface area contributed by atoms with Gasteiger partial charge in [-0.05, 0) is 18.7 Å². The lowest BCUT2D eigenvalue weighted by Gasteiger charge is -2.20. The van der Waals surface area contributed by atoms with Crippen LogP contribution in [0.25, 0.3) is 0 Å². The molecule has 0 fully saturated rings. The summed E-state index contributed by atoms with van der Waals surface area (Å²) in [6.07, 6.45) is -4.44. The van der Waals surface area contributed by atoms with E-state index in [2.05, 4.69) is 0 Å². The molecular weight excluding hydrogens is 247 g/mol. The van der Waals surface area contributed by atoms with E-state index in [1.165, 1.54) is 14.2 Å². The summed E-state index contributed by atoms with van der Waals surface area (Å²) in [6.45, 7) is 2.09. The summed E-state index contributed by atoms with van der Waals surface area (Å²) in [7, 11) is 2.64. The molecule has 0 aliphatic heterocycles. The molecule has 102 valence electrons. The first kappa shape index (κ1) is 14.6. The van der Waals surface area contributed by atoms with Gasteiger partial charge in [0.25, 0.3) is 0 Å². The van der Waals surface area contributed by atoms with Crippen LogP contribution in [-0.2, 0) is 6.18 Å². The van der Waals surface area contributed by atoms with Gasteiger partial charge in [-0.3, -0.25) is 0 Å². The molecule has 2 N–H and O–H groups in total. The van der Waals surface area contributed by atoms with Crippen LogP contribution in [0, 0.1) is 0 Å². The minimum absolute atomic E-state index is 0.139. The minimum Gasteiger partial charge on any atom is -0.496 e. The third-order valence-electron chi connectivity index (χ3n) is 2.72. The summed E-state index contributed by atoms with van der Waals surface area (Å²) in [4.78, 5) is 0. The van der Waals surface area contributed by atoms with Crippen molar-refractivity contribution in [2.75, 3.05) is 20.8 Å². The van der Waals surface area contributed by atoms with Crippen molar-refractivity contribution in [1.29, 1.82) is 0 Å². The first-order valence-corrected chi connectivity index (χ1v) is 5.38. The number of methoxy groups -OCH3 is 2. The second kappa shape index (κ2) is 5.48. The van der Waals surface area contributed by atoms with Gasteiger partial charge in [-0.15, -0.1) is 0 Å². The summed E-state index contributed by atoms with van der Waals surface area (Å²) >= 11 is 0. The first-order valence-electron chi connectivity index (χ1n) is 5.38. The van der Waals surface area contributed by atoms with Crippen LogP contribution in [-0.4, -0.2) is 20.8 Å². The van der Waals surface area contributed by atoms with Gasteiger partial charge in [0.05, 0.1) is 19.8 Å². The molecule has 0 saturated heterocycles. The van der Waals surface area contributed by atoms with Crippen molar-refractivity contribution in [2.45, 2.75) is 19.0 Å². The molecule has 0 aliphatic carbocycles. The Bertz CT molecular complexity index is 393. The van der Waals surface area contributed by atoms with Crippen LogP contribution in [0.3, 0.4) is 0 Å². The van der Waals surface area contributed by atoms with Crippen molar-refractivity contribution in [2.24, 2.45) is 5.73 Å². The van der Waals surface area contributed by atoms with E-state index in [0.29, 0.717) is 5.56 Å². The SMILES string of the molecule is COc1cc(C(F)(F)F)cc(OC)c1C(C)CN. The Labute approximate surface area is 104 Å². The van der Waals surface area contributed by atoms with Crippen molar-refractivity contribution in [3.8, 4) is 11.5 Å². The van der Waals surface area contributed by atoms with Crippen molar-refractivity contribution >= 4 is 0 Å². The van der Waals surface area contributed by atoms with Crippen molar-refractivity contribution in [1.82, 2.24) is 0 Å². The average molecular weight is 263 g/mol. The predicted octanol–water partition coefficient (Wildman–Crippen LogP) is 2.78. The standard InChI is InChI=1S/C12H16F3NO2/c1-7(6-16)11-9(17-2)4-8(12(13,14)15)5-10(11)18-3/h4-5,7H,6,16H2,1-3H3. The second-order valence-corrected chi connectivity index (χ2v) is 3.93. The molecule has 1 aromatic rings. The van der Waals surface area contributed by atoms with Gasteiger partial charge in [0, 0.05) is 11.5 Å². The van der Waals surface area contributed by atoms with Gasteiger partial charge in [0.15, 0.2) is 0 Å². The van der Waals surface area contributed by atoms with Crippen LogP contribution in [0.1, 0.15) is 24.0 Å². The summed E-state index contributed by atoms with van der Waals surface area (Å²) in [5.41, 5.74) is 5.29. The highest BCUT2D eigenvalue weighted by Crippen LogP contribution is 2.41. The summed E-state index contributed by atoms with van der Waals surface area (Å²) in [6, 6.07) is 1.92. The zero-order valence-electron chi connectivity index (χ0n) is 10.5. The number of benzene rings is 1. The fourth-order valence-electron chi connectivity index (χ4n) is 1.71. The minimum atomic E-state index is -4.44. The van der Waals surface area contributed by atoms with Crippen LogP contribution in [0.5, 0.6) is 11.5 Å². The molecule has 0 heterocycles. The Morgan fingerprint density at radius 3 is 1.89 bits per heavy atom. The molecule has 18 heavy (non-hydrogen) atoms. The predicted molar refractivity (Wildman–Crippen MR) is 62.0 cm³/mol. The Morgan fingerprint density at radius 1 is 1.17 bits per heavy atom. The average Bonchev–Trinajstić information content (AvgIpc) is 2.34. The second-order valence-electron chi connectivity index (χ2n) is 3.93. The monoisotopic (exact) mass is 263 g/mol. The Balaban J connectivity index is 3.44. The maximum absolute atomic E-state index is 12.7. The molecule has 6 heteroatoms. The zero-order valence-corrected chi connectivity index (χ0v) is 10.5. The fourth-order valence-corrected chi connectivity index (χ4v) is 1.71. The lowest BCUT2D eigenvalue weighted by atomic mass is 9.97. The van der Waals surface area contributed by atoms with Crippen LogP contribution in [0.15, 0.2) is 12.1 Å². The molecule has 0 bridgehead atoms. The van der Waals surface area contributed by atoms with Gasteiger partial charge in [-0.1, -0.05) is 6.92 Å². The number of alkyl halides is 3. The molecule has 0 spiro atoms. The number of hydrogen-bond acceptors (Lipinski definition) is 3. The maximum atomic E-state index is 12.7. The zero-order chi connectivity index (χ0) is 13.9. The maximum Gasteiger partial charge on any atom is 0.416 e. The van der Waals surface area contributed by atoms with Crippen LogP contribution in [0.2, 0.25) is 0 Å². The van der Waals surface area contributed by atoms with E-state index in [-0.39, 0.29) is 24.0 Å². The molecule has 1 atom stereocenters. The van der Waals surface area contributed by atoms with E-state index in [1.54, 1.807) is 6.92 Å². The first-order chi connectivity index (χ1) is 8.35. The van der Waals surface area contributed by atoms with E-state index in [9.17, 15) is 13.2 Å². The third kappa shape index (κ3) is 2.87. The molecule has 0 saturated carbocycles. The molecule has 0 aromatic heterocycles. The smallest absolute Gasteiger partial charge is 0.416 e. The van der Waals surface area contributed by atoms with E-state index in [4.69, 9.17) is 15.2 Å². The van der Waals surface area contributed by atoms with Gasteiger partial charge in [0.2, 0.25) is 0 Å². The van der Waals surface area contributed by atoms with Gasteiger partial charge < -0.3 is 15.2 Å².